The molecule has 2 atom stereocenters. The van der Waals surface area contributed by atoms with E-state index in [9.17, 15) is 0 Å². The molecule has 1 aliphatic rings. The van der Waals surface area contributed by atoms with Gasteiger partial charge in [0.2, 0.25) is 0 Å². The van der Waals surface area contributed by atoms with Crippen LogP contribution < -0.4 is 16.4 Å². The predicted molar refractivity (Wildman–Crippen MR) is 74.1 cm³/mol. The molecule has 0 aliphatic carbocycles. The summed E-state index contributed by atoms with van der Waals surface area (Å²) in [5.74, 6) is 0. The molecule has 0 radical (unpaired) electrons. The number of hydrogen-bond donors (Lipinski definition) is 3. The van der Waals surface area contributed by atoms with E-state index < -0.39 is 0 Å². The Hall–Kier alpha value is -1.49. The van der Waals surface area contributed by atoms with Crippen molar-refractivity contribution in [3.63, 3.8) is 0 Å². The number of halogens is 1. The molecule has 1 aromatic carbocycles. The monoisotopic (exact) mass is 291 g/mol. The van der Waals surface area contributed by atoms with Crippen LogP contribution in [0.1, 0.15) is 11.7 Å². The second kappa shape index (κ2) is 5.25. The zero-order valence-electron chi connectivity index (χ0n) is 9.72. The van der Waals surface area contributed by atoms with Crippen LogP contribution >= 0.6 is 22.9 Å². The van der Waals surface area contributed by atoms with Gasteiger partial charge in [0, 0.05) is 16.0 Å². The molecule has 2 unspecified atom stereocenters. The van der Waals surface area contributed by atoms with Gasteiger partial charge in [0.25, 0.3) is 0 Å². The molecule has 5 nitrogen and oxygen atoms in total. The Bertz CT molecular complexity index is 618. The van der Waals surface area contributed by atoms with Gasteiger partial charge in [-0.05, 0) is 12.1 Å². The summed E-state index contributed by atoms with van der Waals surface area (Å²) in [5, 5.41) is 12.6. The van der Waals surface area contributed by atoms with Crippen molar-refractivity contribution >= 4 is 22.9 Å². The summed E-state index contributed by atoms with van der Waals surface area (Å²) >= 11 is 7.41. The number of aromatic nitrogens is 1. The second-order valence-electron chi connectivity index (χ2n) is 4.08. The van der Waals surface area contributed by atoms with Crippen molar-refractivity contribution in [2.24, 2.45) is 0 Å². The van der Waals surface area contributed by atoms with E-state index in [0.29, 0.717) is 5.02 Å². The van der Waals surface area contributed by atoms with Crippen molar-refractivity contribution in [3.8, 4) is 16.6 Å². The normalized spacial score (nSPS) is 22.3. The first kappa shape index (κ1) is 12.5. The quantitative estimate of drug-likeness (QED) is 0.789. The maximum absolute atomic E-state index is 9.02. The zero-order chi connectivity index (χ0) is 13.2. The SMILES string of the molecule is N#CC1NNNC1c1csc(-c2ccc(Cl)cc2)n1. The van der Waals surface area contributed by atoms with E-state index in [1.165, 1.54) is 0 Å². The molecule has 3 N–H and O–H groups in total. The van der Waals surface area contributed by atoms with E-state index >= 15 is 0 Å². The van der Waals surface area contributed by atoms with Crippen LogP contribution in [0.4, 0.5) is 0 Å². The third kappa shape index (κ3) is 2.47. The molecule has 2 aromatic rings. The van der Waals surface area contributed by atoms with E-state index in [0.717, 1.165) is 16.3 Å². The molecule has 0 amide bonds. The van der Waals surface area contributed by atoms with Gasteiger partial charge in [0.15, 0.2) is 0 Å². The maximum atomic E-state index is 9.02. The highest BCUT2D eigenvalue weighted by Gasteiger charge is 2.29. The van der Waals surface area contributed by atoms with Crippen LogP contribution in [0.25, 0.3) is 10.6 Å². The highest BCUT2D eigenvalue weighted by molar-refractivity contribution is 7.13. The van der Waals surface area contributed by atoms with Crippen LogP contribution in [0.5, 0.6) is 0 Å². The number of hydrazine groups is 2. The van der Waals surface area contributed by atoms with Crippen LogP contribution in [0.2, 0.25) is 5.02 Å². The maximum Gasteiger partial charge on any atom is 0.131 e. The van der Waals surface area contributed by atoms with Gasteiger partial charge in [0.05, 0.1) is 17.8 Å². The molecule has 2 heterocycles. The van der Waals surface area contributed by atoms with Gasteiger partial charge >= 0.3 is 0 Å². The van der Waals surface area contributed by atoms with Crippen molar-refractivity contribution in [3.05, 3.63) is 40.4 Å². The number of nitrogens with zero attached hydrogens (tertiary/aromatic N) is 2. The standard InChI is InChI=1S/C12H10ClN5S/c13-8-3-1-7(2-4-8)12-15-10(6-19-12)11-9(5-14)16-18-17-11/h1-4,6,9,11,16-18H. The third-order valence-corrected chi connectivity index (χ3v) is 4.02. The minimum atomic E-state index is -0.333. The van der Waals surface area contributed by atoms with Crippen LogP contribution in [0, 0.1) is 11.3 Å². The minimum absolute atomic E-state index is 0.151. The average Bonchev–Trinajstić information content (AvgIpc) is 3.07. The van der Waals surface area contributed by atoms with Gasteiger partial charge in [-0.15, -0.1) is 11.3 Å². The van der Waals surface area contributed by atoms with Crippen molar-refractivity contribution in [2.45, 2.75) is 12.1 Å². The fourth-order valence-corrected chi connectivity index (χ4v) is 2.86. The number of benzene rings is 1. The summed E-state index contributed by atoms with van der Waals surface area (Å²) in [4.78, 5) is 4.57. The Morgan fingerprint density at radius 1 is 1.26 bits per heavy atom. The molecule has 0 spiro atoms. The van der Waals surface area contributed by atoms with Gasteiger partial charge in [-0.25, -0.2) is 15.8 Å². The van der Waals surface area contributed by atoms with Crippen molar-refractivity contribution in [2.75, 3.05) is 0 Å². The summed E-state index contributed by atoms with van der Waals surface area (Å²) < 4.78 is 0. The van der Waals surface area contributed by atoms with E-state index in [1.54, 1.807) is 11.3 Å². The molecule has 1 aromatic heterocycles. The number of nitriles is 1. The Morgan fingerprint density at radius 3 is 2.79 bits per heavy atom. The van der Waals surface area contributed by atoms with E-state index in [2.05, 4.69) is 27.4 Å². The average molecular weight is 292 g/mol. The lowest BCUT2D eigenvalue weighted by Gasteiger charge is -2.07. The third-order valence-electron chi connectivity index (χ3n) is 2.86. The largest absolute Gasteiger partial charge is 0.239 e. The number of rotatable bonds is 2. The second-order valence-corrected chi connectivity index (χ2v) is 5.38. The summed E-state index contributed by atoms with van der Waals surface area (Å²) in [6.45, 7) is 0. The van der Waals surface area contributed by atoms with Gasteiger partial charge in [-0.3, -0.25) is 0 Å². The van der Waals surface area contributed by atoms with Crippen LogP contribution in [-0.4, -0.2) is 11.0 Å². The lowest BCUT2D eigenvalue weighted by Crippen LogP contribution is -2.32. The fraction of sp³-hybridized carbons (Fsp3) is 0.167. The molecule has 3 rings (SSSR count). The molecule has 1 fully saturated rings. The Morgan fingerprint density at radius 2 is 2.05 bits per heavy atom. The van der Waals surface area contributed by atoms with E-state index in [-0.39, 0.29) is 12.1 Å². The summed E-state index contributed by atoms with van der Waals surface area (Å²) in [5.41, 5.74) is 10.4. The van der Waals surface area contributed by atoms with Gasteiger partial charge in [-0.1, -0.05) is 23.7 Å². The van der Waals surface area contributed by atoms with Crippen molar-refractivity contribution < 1.29 is 0 Å². The first-order valence-corrected chi connectivity index (χ1v) is 6.91. The zero-order valence-corrected chi connectivity index (χ0v) is 11.3. The fourth-order valence-electron chi connectivity index (χ4n) is 1.87. The smallest absolute Gasteiger partial charge is 0.131 e. The molecule has 0 saturated carbocycles. The molecule has 19 heavy (non-hydrogen) atoms. The van der Waals surface area contributed by atoms with Crippen LogP contribution in [0.3, 0.4) is 0 Å². The Kier molecular flexibility index (Phi) is 3.46. The molecule has 1 aliphatic heterocycles. The minimum Gasteiger partial charge on any atom is -0.239 e. The van der Waals surface area contributed by atoms with Crippen molar-refractivity contribution in [1.82, 2.24) is 21.4 Å². The predicted octanol–water partition coefficient (Wildman–Crippen LogP) is 2.01. The van der Waals surface area contributed by atoms with E-state index in [1.807, 2.05) is 29.6 Å². The number of hydrogen-bond acceptors (Lipinski definition) is 6. The van der Waals surface area contributed by atoms with Crippen molar-refractivity contribution in [1.29, 1.82) is 5.26 Å². The molecule has 7 heteroatoms. The first-order valence-electron chi connectivity index (χ1n) is 5.65. The molecular weight excluding hydrogens is 282 g/mol. The topological polar surface area (TPSA) is 72.8 Å². The van der Waals surface area contributed by atoms with Crippen LogP contribution in [0.15, 0.2) is 29.6 Å². The summed E-state index contributed by atoms with van der Waals surface area (Å²) in [7, 11) is 0. The number of nitrogens with one attached hydrogen (secondary N) is 3. The summed E-state index contributed by atoms with van der Waals surface area (Å²) in [6, 6.07) is 9.25. The van der Waals surface area contributed by atoms with Gasteiger partial charge in [-0.2, -0.15) is 10.8 Å². The Balaban J connectivity index is 1.87. The van der Waals surface area contributed by atoms with Gasteiger partial charge < -0.3 is 0 Å². The molecule has 96 valence electrons. The molecule has 1 saturated heterocycles. The Labute approximate surface area is 119 Å². The highest BCUT2D eigenvalue weighted by Crippen LogP contribution is 2.28. The van der Waals surface area contributed by atoms with E-state index in [4.69, 9.17) is 16.9 Å². The number of thiazole rings is 1. The van der Waals surface area contributed by atoms with Gasteiger partial charge in [0.1, 0.15) is 11.0 Å². The molecular formula is C12H10ClN5S. The highest BCUT2D eigenvalue weighted by atomic mass is 35.5. The lowest BCUT2D eigenvalue weighted by molar-refractivity contribution is 0.550. The van der Waals surface area contributed by atoms with Crippen LogP contribution in [-0.2, 0) is 0 Å². The lowest BCUT2D eigenvalue weighted by atomic mass is 10.1. The first-order chi connectivity index (χ1) is 9.28. The summed E-state index contributed by atoms with van der Waals surface area (Å²) in [6.07, 6.45) is 0. The molecule has 0 bridgehead atoms.